The van der Waals surface area contributed by atoms with Crippen LogP contribution in [0.2, 0.25) is 0 Å². The van der Waals surface area contributed by atoms with E-state index in [0.717, 1.165) is 53.4 Å². The SMILES string of the molecule is C[C@H]1CN(C(=O)OC(C)(C)C)CCN1C1CCc2cc(Br)ccc21.OC1CCc2cc(Br)ccc21. The predicted octanol–water partition coefficient (Wildman–Crippen LogP) is 6.81. The fourth-order valence-corrected chi connectivity index (χ4v) is 6.22. The van der Waals surface area contributed by atoms with Gasteiger partial charge in [0.05, 0.1) is 6.10 Å². The third-order valence-corrected chi connectivity index (χ3v) is 8.02. The molecule has 1 aliphatic heterocycles. The Labute approximate surface area is 226 Å². The predicted molar refractivity (Wildman–Crippen MR) is 147 cm³/mol. The lowest BCUT2D eigenvalue weighted by atomic mass is 10.0. The maximum absolute atomic E-state index is 12.3. The molecule has 35 heavy (non-hydrogen) atoms. The van der Waals surface area contributed by atoms with Crippen LogP contribution in [0.4, 0.5) is 4.79 Å². The lowest BCUT2D eigenvalue weighted by Gasteiger charge is -2.43. The number of nitrogens with zero attached hydrogens (tertiary/aromatic N) is 2. The number of hydrogen-bond donors (Lipinski definition) is 1. The number of rotatable bonds is 1. The molecule has 0 saturated carbocycles. The van der Waals surface area contributed by atoms with Gasteiger partial charge in [0, 0.05) is 40.7 Å². The summed E-state index contributed by atoms with van der Waals surface area (Å²) in [7, 11) is 0. The molecule has 3 atom stereocenters. The number of carbonyl (C=O) groups is 1. The van der Waals surface area contributed by atoms with Crippen LogP contribution in [0.5, 0.6) is 0 Å². The minimum absolute atomic E-state index is 0.190. The van der Waals surface area contributed by atoms with E-state index >= 15 is 0 Å². The Hall–Kier alpha value is -1.41. The van der Waals surface area contributed by atoms with Crippen LogP contribution in [-0.4, -0.2) is 52.3 Å². The van der Waals surface area contributed by atoms with Crippen molar-refractivity contribution in [3.63, 3.8) is 0 Å². The van der Waals surface area contributed by atoms with Gasteiger partial charge in [-0.2, -0.15) is 0 Å². The van der Waals surface area contributed by atoms with Gasteiger partial charge in [-0.05, 0) is 99.9 Å². The number of ether oxygens (including phenoxy) is 1. The highest BCUT2D eigenvalue weighted by atomic mass is 79.9. The fourth-order valence-electron chi connectivity index (χ4n) is 5.40. The van der Waals surface area contributed by atoms with E-state index in [4.69, 9.17) is 4.74 Å². The van der Waals surface area contributed by atoms with Gasteiger partial charge in [0.1, 0.15) is 5.60 Å². The highest BCUT2D eigenvalue weighted by Crippen LogP contribution is 2.39. The van der Waals surface area contributed by atoms with Gasteiger partial charge in [-0.1, -0.05) is 44.0 Å². The molecule has 2 unspecified atom stereocenters. The second-order valence-corrected chi connectivity index (χ2v) is 12.6. The van der Waals surface area contributed by atoms with E-state index in [0.29, 0.717) is 12.1 Å². The molecule has 5 rings (SSSR count). The summed E-state index contributed by atoms with van der Waals surface area (Å²) in [5, 5.41) is 9.46. The smallest absolute Gasteiger partial charge is 0.410 e. The van der Waals surface area contributed by atoms with Crippen molar-refractivity contribution in [2.24, 2.45) is 0 Å². The molecular formula is C28H36Br2N2O3. The second kappa shape index (κ2) is 10.9. The van der Waals surface area contributed by atoms with Crippen LogP contribution in [-0.2, 0) is 17.6 Å². The molecule has 1 N–H and O–H groups in total. The zero-order chi connectivity index (χ0) is 25.3. The van der Waals surface area contributed by atoms with Crippen molar-refractivity contribution in [1.29, 1.82) is 0 Å². The third-order valence-electron chi connectivity index (χ3n) is 7.03. The lowest BCUT2D eigenvalue weighted by molar-refractivity contribution is -0.00212. The number of piperazine rings is 1. The monoisotopic (exact) mass is 606 g/mol. The molecule has 2 aromatic rings. The summed E-state index contributed by atoms with van der Waals surface area (Å²) >= 11 is 6.97. The number of fused-ring (bicyclic) bond motifs is 2. The number of aliphatic hydroxyl groups is 1. The van der Waals surface area contributed by atoms with Crippen molar-refractivity contribution in [2.45, 2.75) is 77.2 Å². The third kappa shape index (κ3) is 6.48. The Morgan fingerprint density at radius 2 is 1.57 bits per heavy atom. The van der Waals surface area contributed by atoms with Gasteiger partial charge < -0.3 is 14.7 Å². The number of aryl methyl sites for hydroxylation is 2. The maximum Gasteiger partial charge on any atom is 0.410 e. The second-order valence-electron chi connectivity index (χ2n) is 10.8. The Morgan fingerprint density at radius 3 is 2.20 bits per heavy atom. The van der Waals surface area contributed by atoms with Crippen LogP contribution in [0.3, 0.4) is 0 Å². The molecule has 0 radical (unpaired) electrons. The molecule has 1 saturated heterocycles. The first-order chi connectivity index (χ1) is 16.5. The Balaban J connectivity index is 0.000000218. The summed E-state index contributed by atoms with van der Waals surface area (Å²) in [6.07, 6.45) is 3.78. The number of benzene rings is 2. The van der Waals surface area contributed by atoms with Crippen LogP contribution in [0, 0.1) is 0 Å². The van der Waals surface area contributed by atoms with E-state index in [9.17, 15) is 9.90 Å². The van der Waals surface area contributed by atoms with Crippen molar-refractivity contribution in [3.8, 4) is 0 Å². The highest BCUT2D eigenvalue weighted by Gasteiger charge is 2.36. The van der Waals surface area contributed by atoms with Crippen LogP contribution in [0.25, 0.3) is 0 Å². The van der Waals surface area contributed by atoms with Gasteiger partial charge in [0.15, 0.2) is 0 Å². The molecule has 0 bridgehead atoms. The van der Waals surface area contributed by atoms with E-state index in [1.54, 1.807) is 0 Å². The molecule has 5 nitrogen and oxygen atoms in total. The van der Waals surface area contributed by atoms with Crippen molar-refractivity contribution >= 4 is 38.0 Å². The zero-order valence-corrected chi connectivity index (χ0v) is 24.2. The van der Waals surface area contributed by atoms with E-state index < -0.39 is 5.60 Å². The van der Waals surface area contributed by atoms with E-state index in [2.05, 4.69) is 67.9 Å². The van der Waals surface area contributed by atoms with Gasteiger partial charge in [-0.3, -0.25) is 4.90 Å². The fraction of sp³-hybridized carbons (Fsp3) is 0.536. The molecule has 0 aromatic heterocycles. The quantitative estimate of drug-likeness (QED) is 0.387. The lowest BCUT2D eigenvalue weighted by Crippen LogP contribution is -2.55. The Bertz CT molecular complexity index is 1070. The average molecular weight is 608 g/mol. The minimum Gasteiger partial charge on any atom is -0.444 e. The summed E-state index contributed by atoms with van der Waals surface area (Å²) in [4.78, 5) is 16.7. The molecule has 1 heterocycles. The molecule has 0 spiro atoms. The van der Waals surface area contributed by atoms with E-state index in [1.807, 2.05) is 37.8 Å². The molecule has 1 fully saturated rings. The average Bonchev–Trinajstić information content (AvgIpc) is 3.35. The number of halogens is 2. The molecular weight excluding hydrogens is 572 g/mol. The first-order valence-corrected chi connectivity index (χ1v) is 14.1. The number of carbonyl (C=O) groups excluding carboxylic acids is 1. The zero-order valence-electron chi connectivity index (χ0n) is 21.1. The van der Waals surface area contributed by atoms with Gasteiger partial charge >= 0.3 is 6.09 Å². The van der Waals surface area contributed by atoms with E-state index in [1.165, 1.54) is 23.1 Å². The van der Waals surface area contributed by atoms with Crippen LogP contribution in [0.15, 0.2) is 45.3 Å². The topological polar surface area (TPSA) is 53.0 Å². The standard InChI is InChI=1S/C19H27BrN2O2.C9H9BrO/c1-13-12-21(18(23)24-19(2,3)4)9-10-22(13)17-8-5-14-11-15(20)6-7-16(14)17;10-7-2-3-8-6(5-7)1-4-9(8)11/h6-7,11,13,17H,5,8-10,12H2,1-4H3;2-3,5,9,11H,1,4H2/t13-,17?;/m0./s1. The summed E-state index contributed by atoms with van der Waals surface area (Å²) in [6, 6.07) is 13.5. The molecule has 1 amide bonds. The van der Waals surface area contributed by atoms with Crippen LogP contribution in [0.1, 0.15) is 74.9 Å². The normalized spacial score (nSPS) is 23.9. The summed E-state index contributed by atoms with van der Waals surface area (Å²) in [6.45, 7) is 10.3. The Morgan fingerprint density at radius 1 is 0.971 bits per heavy atom. The molecule has 3 aliphatic rings. The van der Waals surface area contributed by atoms with Gasteiger partial charge in [-0.15, -0.1) is 0 Å². The minimum atomic E-state index is -0.435. The molecule has 2 aliphatic carbocycles. The first-order valence-electron chi connectivity index (χ1n) is 12.5. The molecule has 7 heteroatoms. The summed E-state index contributed by atoms with van der Waals surface area (Å²) < 4.78 is 7.78. The molecule has 190 valence electrons. The largest absolute Gasteiger partial charge is 0.444 e. The number of aliphatic hydroxyl groups excluding tert-OH is 1. The Kier molecular flexibility index (Phi) is 8.31. The van der Waals surface area contributed by atoms with Gasteiger partial charge in [0.2, 0.25) is 0 Å². The van der Waals surface area contributed by atoms with Gasteiger partial charge in [-0.25, -0.2) is 4.79 Å². The number of hydrogen-bond acceptors (Lipinski definition) is 4. The van der Waals surface area contributed by atoms with E-state index in [-0.39, 0.29) is 12.2 Å². The first kappa shape index (κ1) is 26.6. The van der Waals surface area contributed by atoms with Crippen LogP contribution < -0.4 is 0 Å². The van der Waals surface area contributed by atoms with Crippen molar-refractivity contribution in [2.75, 3.05) is 19.6 Å². The summed E-state index contributed by atoms with van der Waals surface area (Å²) in [5.41, 5.74) is 4.86. The molecule has 2 aromatic carbocycles. The van der Waals surface area contributed by atoms with Crippen LogP contribution >= 0.6 is 31.9 Å². The summed E-state index contributed by atoms with van der Waals surface area (Å²) in [5.74, 6) is 0. The number of amides is 1. The highest BCUT2D eigenvalue weighted by molar-refractivity contribution is 9.10. The van der Waals surface area contributed by atoms with Gasteiger partial charge in [0.25, 0.3) is 0 Å². The van der Waals surface area contributed by atoms with Crippen molar-refractivity contribution in [3.05, 3.63) is 67.6 Å². The van der Waals surface area contributed by atoms with Crippen molar-refractivity contribution < 1.29 is 14.6 Å². The van der Waals surface area contributed by atoms with Crippen molar-refractivity contribution in [1.82, 2.24) is 9.80 Å². The maximum atomic E-state index is 12.3.